The predicted octanol–water partition coefficient (Wildman–Crippen LogP) is 1.55. The molecule has 116 valence electrons. The van der Waals surface area contributed by atoms with Crippen molar-refractivity contribution in [2.24, 2.45) is 5.73 Å². The molecule has 0 aromatic heterocycles. The molecule has 1 amide bonds. The lowest BCUT2D eigenvalue weighted by molar-refractivity contribution is -0.123. The summed E-state index contributed by atoms with van der Waals surface area (Å²) in [5.74, 6) is 0.130. The minimum Gasteiger partial charge on any atom is -0.355 e. The van der Waals surface area contributed by atoms with Crippen LogP contribution in [-0.4, -0.2) is 42.5 Å². The van der Waals surface area contributed by atoms with Crippen LogP contribution in [-0.2, 0) is 11.2 Å². The number of amides is 1. The number of piperidine rings is 1. The van der Waals surface area contributed by atoms with E-state index in [9.17, 15) is 4.79 Å². The van der Waals surface area contributed by atoms with Gasteiger partial charge in [0.05, 0.1) is 6.54 Å². The largest absolute Gasteiger partial charge is 0.355 e. The molecule has 0 spiro atoms. The minimum atomic E-state index is 0.130. The quantitative estimate of drug-likeness (QED) is 0.781. The van der Waals surface area contributed by atoms with Gasteiger partial charge in [0.1, 0.15) is 0 Å². The Morgan fingerprint density at radius 3 is 2.86 bits per heavy atom. The zero-order valence-corrected chi connectivity index (χ0v) is 12.9. The van der Waals surface area contributed by atoms with Gasteiger partial charge in [-0.3, -0.25) is 9.69 Å². The molecule has 0 bridgehead atoms. The number of carbonyl (C=O) groups excluding carboxylic acids is 1. The Bertz CT molecular complexity index is 435. The topological polar surface area (TPSA) is 58.4 Å². The van der Waals surface area contributed by atoms with Crippen LogP contribution >= 0.6 is 0 Å². The average molecular weight is 289 g/mol. The number of nitrogens with zero attached hydrogens (tertiary/aromatic N) is 1. The van der Waals surface area contributed by atoms with E-state index < -0.39 is 0 Å². The van der Waals surface area contributed by atoms with E-state index in [0.717, 1.165) is 38.8 Å². The number of aryl methyl sites for hydroxylation is 1. The Balaban J connectivity index is 1.61. The van der Waals surface area contributed by atoms with Crippen molar-refractivity contribution in [3.05, 3.63) is 35.9 Å². The van der Waals surface area contributed by atoms with Crippen LogP contribution in [0, 0.1) is 0 Å². The smallest absolute Gasteiger partial charge is 0.234 e. The number of likely N-dealkylation sites (tertiary alicyclic amines) is 1. The fourth-order valence-corrected chi connectivity index (χ4v) is 2.90. The molecule has 1 aromatic carbocycles. The van der Waals surface area contributed by atoms with Crippen molar-refractivity contribution in [3.8, 4) is 0 Å². The summed E-state index contributed by atoms with van der Waals surface area (Å²) < 4.78 is 0. The number of nitrogens with one attached hydrogen (secondary N) is 1. The summed E-state index contributed by atoms with van der Waals surface area (Å²) in [6.07, 6.45) is 3.97. The lowest BCUT2D eigenvalue weighted by Crippen LogP contribution is -2.49. The van der Waals surface area contributed by atoms with E-state index in [1.54, 1.807) is 0 Å². The van der Waals surface area contributed by atoms with Crippen LogP contribution in [0.4, 0.5) is 0 Å². The lowest BCUT2D eigenvalue weighted by atomic mass is 9.99. The van der Waals surface area contributed by atoms with Crippen molar-refractivity contribution >= 4 is 5.91 Å². The van der Waals surface area contributed by atoms with Crippen LogP contribution in [0.1, 0.15) is 31.7 Å². The number of hydrogen-bond donors (Lipinski definition) is 2. The number of hydrogen-bond acceptors (Lipinski definition) is 3. The number of rotatable bonds is 6. The summed E-state index contributed by atoms with van der Waals surface area (Å²) in [5.41, 5.74) is 7.27. The molecule has 1 fully saturated rings. The van der Waals surface area contributed by atoms with Gasteiger partial charge in [-0.15, -0.1) is 0 Å². The van der Waals surface area contributed by atoms with Crippen LogP contribution in [0.25, 0.3) is 0 Å². The van der Waals surface area contributed by atoms with Gasteiger partial charge >= 0.3 is 0 Å². The van der Waals surface area contributed by atoms with Gasteiger partial charge in [0.2, 0.25) is 5.91 Å². The predicted molar refractivity (Wildman–Crippen MR) is 86.0 cm³/mol. The zero-order chi connectivity index (χ0) is 15.1. The third-order valence-corrected chi connectivity index (χ3v) is 4.21. The van der Waals surface area contributed by atoms with Gasteiger partial charge in [-0.05, 0) is 38.2 Å². The average Bonchev–Trinajstić information content (AvgIpc) is 2.48. The first-order chi connectivity index (χ1) is 10.1. The Morgan fingerprint density at radius 2 is 2.14 bits per heavy atom. The van der Waals surface area contributed by atoms with Gasteiger partial charge in [-0.25, -0.2) is 0 Å². The molecular formula is C17H27N3O. The molecule has 1 aromatic rings. The molecule has 1 aliphatic rings. The SMILES string of the molecule is CC1CC(N)CCN1CC(=O)NCCCc1ccccc1. The molecule has 4 nitrogen and oxygen atoms in total. The Hall–Kier alpha value is -1.39. The lowest BCUT2D eigenvalue weighted by Gasteiger charge is -2.35. The van der Waals surface area contributed by atoms with Gasteiger partial charge < -0.3 is 11.1 Å². The van der Waals surface area contributed by atoms with Gasteiger partial charge in [0.25, 0.3) is 0 Å². The first kappa shape index (κ1) is 16.0. The van der Waals surface area contributed by atoms with Gasteiger partial charge in [0, 0.05) is 25.2 Å². The summed E-state index contributed by atoms with van der Waals surface area (Å²) >= 11 is 0. The monoisotopic (exact) mass is 289 g/mol. The molecule has 1 heterocycles. The zero-order valence-electron chi connectivity index (χ0n) is 12.9. The molecule has 3 N–H and O–H groups in total. The highest BCUT2D eigenvalue weighted by Gasteiger charge is 2.24. The van der Waals surface area contributed by atoms with Gasteiger partial charge in [-0.1, -0.05) is 30.3 Å². The van der Waals surface area contributed by atoms with E-state index in [1.807, 2.05) is 6.07 Å². The maximum absolute atomic E-state index is 12.0. The van der Waals surface area contributed by atoms with Crippen molar-refractivity contribution in [1.29, 1.82) is 0 Å². The Kier molecular flexibility index (Phi) is 6.21. The molecule has 0 saturated carbocycles. The molecular weight excluding hydrogens is 262 g/mol. The summed E-state index contributed by atoms with van der Waals surface area (Å²) in [6, 6.07) is 11.1. The van der Waals surface area contributed by atoms with Crippen molar-refractivity contribution in [2.45, 2.75) is 44.7 Å². The maximum Gasteiger partial charge on any atom is 0.234 e. The molecule has 2 atom stereocenters. The second-order valence-electron chi connectivity index (χ2n) is 6.04. The van der Waals surface area contributed by atoms with Crippen LogP contribution in [0.5, 0.6) is 0 Å². The first-order valence-electron chi connectivity index (χ1n) is 7.95. The molecule has 1 aliphatic heterocycles. The van der Waals surface area contributed by atoms with Gasteiger partial charge in [0.15, 0.2) is 0 Å². The fraction of sp³-hybridized carbons (Fsp3) is 0.588. The standard InChI is InChI=1S/C17H27N3O/c1-14-12-16(18)9-11-20(14)13-17(21)19-10-5-8-15-6-3-2-4-7-15/h2-4,6-7,14,16H,5,8-13,18H2,1H3,(H,19,21). The third-order valence-electron chi connectivity index (χ3n) is 4.21. The highest BCUT2D eigenvalue weighted by Crippen LogP contribution is 2.15. The van der Waals surface area contributed by atoms with Crippen LogP contribution in [0.2, 0.25) is 0 Å². The summed E-state index contributed by atoms with van der Waals surface area (Å²) in [6.45, 7) is 4.33. The molecule has 1 saturated heterocycles. The molecule has 2 rings (SSSR count). The first-order valence-corrected chi connectivity index (χ1v) is 7.95. The summed E-state index contributed by atoms with van der Waals surface area (Å²) in [7, 11) is 0. The molecule has 0 aliphatic carbocycles. The normalized spacial score (nSPS) is 23.0. The second kappa shape index (κ2) is 8.15. The minimum absolute atomic E-state index is 0.130. The number of carbonyl (C=O) groups is 1. The summed E-state index contributed by atoms with van der Waals surface area (Å²) in [4.78, 5) is 14.2. The van der Waals surface area contributed by atoms with Crippen molar-refractivity contribution in [3.63, 3.8) is 0 Å². The van der Waals surface area contributed by atoms with E-state index in [1.165, 1.54) is 5.56 Å². The van der Waals surface area contributed by atoms with E-state index in [0.29, 0.717) is 18.6 Å². The van der Waals surface area contributed by atoms with Crippen LogP contribution in [0.3, 0.4) is 0 Å². The van der Waals surface area contributed by atoms with E-state index >= 15 is 0 Å². The van der Waals surface area contributed by atoms with E-state index in [-0.39, 0.29) is 5.91 Å². The fourth-order valence-electron chi connectivity index (χ4n) is 2.90. The highest BCUT2D eigenvalue weighted by molar-refractivity contribution is 5.78. The Labute approximate surface area is 127 Å². The molecule has 4 heteroatoms. The number of nitrogens with two attached hydrogens (primary N) is 1. The van der Waals surface area contributed by atoms with E-state index in [4.69, 9.17) is 5.73 Å². The van der Waals surface area contributed by atoms with E-state index in [2.05, 4.69) is 41.4 Å². The van der Waals surface area contributed by atoms with Crippen molar-refractivity contribution in [2.75, 3.05) is 19.6 Å². The third kappa shape index (κ3) is 5.48. The molecule has 0 radical (unpaired) electrons. The van der Waals surface area contributed by atoms with Crippen molar-refractivity contribution < 1.29 is 4.79 Å². The van der Waals surface area contributed by atoms with Crippen molar-refractivity contribution in [1.82, 2.24) is 10.2 Å². The Morgan fingerprint density at radius 1 is 1.38 bits per heavy atom. The summed E-state index contributed by atoms with van der Waals surface area (Å²) in [5, 5.41) is 3.02. The molecule has 2 unspecified atom stereocenters. The maximum atomic E-state index is 12.0. The van der Waals surface area contributed by atoms with Gasteiger partial charge in [-0.2, -0.15) is 0 Å². The second-order valence-corrected chi connectivity index (χ2v) is 6.04. The number of benzene rings is 1. The molecule has 21 heavy (non-hydrogen) atoms. The highest BCUT2D eigenvalue weighted by atomic mass is 16.2. The van der Waals surface area contributed by atoms with Crippen LogP contribution < -0.4 is 11.1 Å². The van der Waals surface area contributed by atoms with Crippen LogP contribution in [0.15, 0.2) is 30.3 Å².